The molecular formula is C53H64O8. The molecule has 5 aromatic rings. The molecule has 8 heteroatoms. The highest BCUT2D eigenvalue weighted by Crippen LogP contribution is 2.08. The number of hydrogen-bond acceptors (Lipinski definition) is 7. The molecule has 0 radical (unpaired) electrons. The van der Waals surface area contributed by atoms with Gasteiger partial charge in [-0.05, 0) is 74.4 Å². The van der Waals surface area contributed by atoms with Crippen molar-refractivity contribution in [2.75, 3.05) is 19.8 Å². The molecular weight excluding hydrogens is 765 g/mol. The van der Waals surface area contributed by atoms with Gasteiger partial charge in [-0.1, -0.05) is 176 Å². The zero-order chi connectivity index (χ0) is 43.6. The first kappa shape index (κ1) is 52.5. The van der Waals surface area contributed by atoms with Crippen LogP contribution in [0.2, 0.25) is 0 Å². The van der Waals surface area contributed by atoms with Crippen LogP contribution in [0.4, 0.5) is 0 Å². The number of esters is 3. The molecule has 0 aromatic heterocycles. The number of carbonyl (C=O) groups is 4. The van der Waals surface area contributed by atoms with Gasteiger partial charge < -0.3 is 19.3 Å². The molecule has 0 atom stereocenters. The van der Waals surface area contributed by atoms with Crippen LogP contribution in [0.5, 0.6) is 0 Å². The molecule has 0 bridgehead atoms. The SMILES string of the molecule is C.CC(C)=CCC/C(C)=C/COC(=O)Cc1ccccc1.CCOC(=O)Cc1ccccc1.O=C(Cc1ccccc1)OCCc1ccccc1.O=C(O)Cc1ccccc1. The maximum atomic E-state index is 11.6. The fourth-order valence-electron chi connectivity index (χ4n) is 5.27. The number of aliphatic carboxylic acids is 1. The lowest BCUT2D eigenvalue weighted by Gasteiger charge is -2.05. The molecule has 61 heavy (non-hydrogen) atoms. The molecule has 8 nitrogen and oxygen atoms in total. The second kappa shape index (κ2) is 33.3. The van der Waals surface area contributed by atoms with E-state index in [2.05, 4.69) is 26.8 Å². The summed E-state index contributed by atoms with van der Waals surface area (Å²) in [4.78, 5) is 44.4. The van der Waals surface area contributed by atoms with Crippen LogP contribution in [0.15, 0.2) is 175 Å². The second-order valence-electron chi connectivity index (χ2n) is 13.9. The number of carbonyl (C=O) groups excluding carboxylic acids is 3. The van der Waals surface area contributed by atoms with E-state index in [9.17, 15) is 19.2 Å². The summed E-state index contributed by atoms with van der Waals surface area (Å²) >= 11 is 0. The first-order chi connectivity index (χ1) is 29.0. The number of rotatable bonds is 17. The van der Waals surface area contributed by atoms with E-state index in [0.717, 1.165) is 41.5 Å². The first-order valence-corrected chi connectivity index (χ1v) is 20.2. The lowest BCUT2D eigenvalue weighted by molar-refractivity contribution is -0.143. The molecule has 0 amide bonds. The minimum Gasteiger partial charge on any atom is -0.481 e. The van der Waals surface area contributed by atoms with Crippen molar-refractivity contribution in [1.29, 1.82) is 0 Å². The van der Waals surface area contributed by atoms with Gasteiger partial charge in [0.1, 0.15) is 6.61 Å². The smallest absolute Gasteiger partial charge is 0.310 e. The van der Waals surface area contributed by atoms with Gasteiger partial charge in [-0.2, -0.15) is 0 Å². The number of hydrogen-bond donors (Lipinski definition) is 1. The van der Waals surface area contributed by atoms with Gasteiger partial charge >= 0.3 is 23.9 Å². The number of ether oxygens (including phenoxy) is 3. The minimum absolute atomic E-state index is 0. The predicted molar refractivity (Wildman–Crippen MR) is 246 cm³/mol. The molecule has 0 saturated carbocycles. The number of benzene rings is 5. The summed E-state index contributed by atoms with van der Waals surface area (Å²) in [5.74, 6) is -1.29. The average molecular weight is 829 g/mol. The molecule has 0 unspecified atom stereocenters. The van der Waals surface area contributed by atoms with Crippen molar-refractivity contribution in [2.45, 2.75) is 80.1 Å². The molecule has 0 spiro atoms. The summed E-state index contributed by atoms with van der Waals surface area (Å²) in [5.41, 5.74) is 7.60. The van der Waals surface area contributed by atoms with E-state index in [0.29, 0.717) is 39.1 Å². The Morgan fingerprint density at radius 1 is 0.492 bits per heavy atom. The molecule has 5 aromatic carbocycles. The summed E-state index contributed by atoms with van der Waals surface area (Å²) in [6.45, 7) is 9.34. The van der Waals surface area contributed by atoms with Crippen LogP contribution in [-0.4, -0.2) is 48.8 Å². The fraction of sp³-hybridized carbons (Fsp3) is 0.283. The van der Waals surface area contributed by atoms with Gasteiger partial charge in [0.2, 0.25) is 0 Å². The highest BCUT2D eigenvalue weighted by atomic mass is 16.5. The van der Waals surface area contributed by atoms with Crippen LogP contribution < -0.4 is 0 Å². The molecule has 0 aliphatic heterocycles. The molecule has 324 valence electrons. The van der Waals surface area contributed by atoms with Crippen molar-refractivity contribution in [3.8, 4) is 0 Å². The van der Waals surface area contributed by atoms with E-state index in [1.54, 1.807) is 12.1 Å². The van der Waals surface area contributed by atoms with Crippen LogP contribution >= 0.6 is 0 Å². The van der Waals surface area contributed by atoms with Crippen molar-refractivity contribution in [2.24, 2.45) is 0 Å². The van der Waals surface area contributed by atoms with Crippen molar-refractivity contribution >= 4 is 23.9 Å². The maximum Gasteiger partial charge on any atom is 0.310 e. The normalized spacial score (nSPS) is 9.93. The summed E-state index contributed by atoms with van der Waals surface area (Å²) in [6.07, 6.45) is 8.20. The molecule has 0 saturated heterocycles. The second-order valence-corrected chi connectivity index (χ2v) is 13.9. The van der Waals surface area contributed by atoms with Gasteiger partial charge in [0.05, 0.1) is 38.9 Å². The molecule has 0 aliphatic rings. The highest BCUT2D eigenvalue weighted by Gasteiger charge is 2.05. The van der Waals surface area contributed by atoms with E-state index >= 15 is 0 Å². The topological polar surface area (TPSA) is 116 Å². The summed E-state index contributed by atoms with van der Waals surface area (Å²) in [5, 5.41) is 8.37. The van der Waals surface area contributed by atoms with Gasteiger partial charge in [-0.3, -0.25) is 19.2 Å². The van der Waals surface area contributed by atoms with Gasteiger partial charge in [0.25, 0.3) is 0 Å². The third-order valence-electron chi connectivity index (χ3n) is 8.34. The average Bonchev–Trinajstić information content (AvgIpc) is 3.23. The first-order valence-electron chi connectivity index (χ1n) is 20.2. The summed E-state index contributed by atoms with van der Waals surface area (Å²) < 4.78 is 15.2. The van der Waals surface area contributed by atoms with Crippen LogP contribution in [0.25, 0.3) is 0 Å². The minimum atomic E-state index is -0.786. The van der Waals surface area contributed by atoms with Crippen molar-refractivity contribution in [1.82, 2.24) is 0 Å². The van der Waals surface area contributed by atoms with Crippen LogP contribution in [-0.2, 0) is 65.5 Å². The van der Waals surface area contributed by atoms with Crippen LogP contribution in [0.3, 0.4) is 0 Å². The Morgan fingerprint density at radius 3 is 1.23 bits per heavy atom. The summed E-state index contributed by atoms with van der Waals surface area (Å²) in [7, 11) is 0. The highest BCUT2D eigenvalue weighted by molar-refractivity contribution is 5.73. The van der Waals surface area contributed by atoms with E-state index in [1.165, 1.54) is 16.7 Å². The fourth-order valence-corrected chi connectivity index (χ4v) is 5.27. The molecule has 5 rings (SSSR count). The van der Waals surface area contributed by atoms with E-state index < -0.39 is 5.97 Å². The molecule has 1 N–H and O–H groups in total. The standard InChI is InChI=1S/C18H24O2.C16H16O2.C10H12O2.C8H8O2.CH4/c1-15(2)8-7-9-16(3)12-13-20-18(19)14-17-10-5-4-6-11-17;17-16(13-15-9-5-2-6-10-15)18-12-11-14-7-3-1-4-8-14;1-2-12-10(11)8-9-6-4-3-5-7-9;9-8(10)6-7-4-2-1-3-5-7;/h4-6,8,10-12H,7,9,13-14H2,1-3H3;1-10H,11-13H2;3-7H,2,8H2,1H3;1-5H,6H2,(H,9,10);1H4/b16-12+;;;;. The Morgan fingerprint density at radius 2 is 0.852 bits per heavy atom. The Kier molecular flexibility index (Phi) is 28.7. The van der Waals surface area contributed by atoms with Crippen molar-refractivity contribution < 1.29 is 38.5 Å². The van der Waals surface area contributed by atoms with E-state index in [4.69, 9.17) is 19.3 Å². The summed E-state index contributed by atoms with van der Waals surface area (Å²) in [6, 6.07) is 48.0. The Labute approximate surface area is 363 Å². The Bertz CT molecular complexity index is 1970. The van der Waals surface area contributed by atoms with Crippen LogP contribution in [0, 0.1) is 0 Å². The molecule has 0 heterocycles. The third kappa shape index (κ3) is 28.5. The largest absolute Gasteiger partial charge is 0.481 e. The van der Waals surface area contributed by atoms with E-state index in [-0.39, 0.29) is 31.8 Å². The lowest BCUT2D eigenvalue weighted by Crippen LogP contribution is -2.10. The zero-order valence-corrected chi connectivity index (χ0v) is 35.5. The van der Waals surface area contributed by atoms with Crippen molar-refractivity contribution in [3.05, 3.63) is 203 Å². The Balaban J connectivity index is 0.000000418. The number of carboxylic acid groups (broad SMARTS) is 1. The Hall–Kier alpha value is -6.54. The zero-order valence-electron chi connectivity index (χ0n) is 35.5. The van der Waals surface area contributed by atoms with Gasteiger partial charge in [-0.25, -0.2) is 0 Å². The molecule has 0 fully saturated rings. The van der Waals surface area contributed by atoms with Gasteiger partial charge in [0.15, 0.2) is 0 Å². The predicted octanol–water partition coefficient (Wildman–Crippen LogP) is 11.2. The van der Waals surface area contributed by atoms with E-state index in [1.807, 2.05) is 153 Å². The molecule has 0 aliphatic carbocycles. The number of carboxylic acids is 1. The van der Waals surface area contributed by atoms with Gasteiger partial charge in [0, 0.05) is 6.42 Å². The third-order valence-corrected chi connectivity index (χ3v) is 8.34. The number of allylic oxidation sites excluding steroid dienone is 3. The lowest BCUT2D eigenvalue weighted by atomic mass is 10.1. The van der Waals surface area contributed by atoms with Crippen LogP contribution in [0.1, 0.15) is 75.8 Å². The maximum absolute atomic E-state index is 11.6. The quantitative estimate of drug-likeness (QED) is 0.0559. The van der Waals surface area contributed by atoms with Gasteiger partial charge in [-0.15, -0.1) is 0 Å². The monoisotopic (exact) mass is 828 g/mol. The van der Waals surface area contributed by atoms with Crippen molar-refractivity contribution in [3.63, 3.8) is 0 Å².